The number of aromatic amines is 1. The third kappa shape index (κ3) is 3.28. The van der Waals surface area contributed by atoms with Gasteiger partial charge in [0.2, 0.25) is 5.82 Å². The lowest BCUT2D eigenvalue weighted by molar-refractivity contribution is 0.340. The van der Waals surface area contributed by atoms with Gasteiger partial charge in [-0.3, -0.25) is 0 Å². The van der Waals surface area contributed by atoms with Gasteiger partial charge in [0.1, 0.15) is 5.75 Å². The van der Waals surface area contributed by atoms with Gasteiger partial charge in [-0.1, -0.05) is 11.8 Å². The van der Waals surface area contributed by atoms with Crippen LogP contribution in [0.5, 0.6) is 5.75 Å². The summed E-state index contributed by atoms with van der Waals surface area (Å²) in [6, 6.07) is 5.11. The van der Waals surface area contributed by atoms with Crippen LogP contribution < -0.4 is 4.74 Å². The number of thioether (sulfide) groups is 1. The molecule has 0 saturated carbocycles. The fourth-order valence-corrected chi connectivity index (χ4v) is 3.09. The number of rotatable bonds is 5. The molecule has 0 aliphatic rings. The first-order valence-electron chi connectivity index (χ1n) is 7.18. The Morgan fingerprint density at radius 2 is 1.64 bits per heavy atom. The monoisotopic (exact) mass is 374 g/mol. The average molecular weight is 374 g/mol. The van der Waals surface area contributed by atoms with E-state index in [1.165, 1.54) is 0 Å². The minimum Gasteiger partial charge on any atom is -0.494 e. The van der Waals surface area contributed by atoms with Crippen LogP contribution >= 0.6 is 11.8 Å². The molecule has 0 saturated heterocycles. The second-order valence-electron chi connectivity index (χ2n) is 4.99. The maximum absolute atomic E-state index is 13.7. The quantitative estimate of drug-likeness (QED) is 0.297. The predicted octanol–water partition coefficient (Wildman–Crippen LogP) is 4.95. The van der Waals surface area contributed by atoms with Gasteiger partial charge in [0, 0.05) is 17.4 Å². The number of halogens is 5. The van der Waals surface area contributed by atoms with Crippen LogP contribution in [0.1, 0.15) is 12.5 Å². The molecule has 3 aromatic rings. The largest absolute Gasteiger partial charge is 0.494 e. The molecule has 1 N–H and O–H groups in total. The molecule has 0 fully saturated rings. The molecule has 0 atom stereocenters. The summed E-state index contributed by atoms with van der Waals surface area (Å²) >= 11 is 0.827. The Morgan fingerprint density at radius 3 is 2.28 bits per heavy atom. The predicted molar refractivity (Wildman–Crippen MR) is 83.1 cm³/mol. The molecule has 3 rings (SSSR count). The summed E-state index contributed by atoms with van der Waals surface area (Å²) in [4.78, 5) is 7.11. The number of hydrogen-bond donors (Lipinski definition) is 1. The number of aromatic nitrogens is 2. The van der Waals surface area contributed by atoms with E-state index in [9.17, 15) is 22.0 Å². The minimum absolute atomic E-state index is 0.285. The van der Waals surface area contributed by atoms with Gasteiger partial charge in [-0.05, 0) is 19.1 Å². The highest BCUT2D eigenvalue weighted by molar-refractivity contribution is 7.98. The van der Waals surface area contributed by atoms with Crippen molar-refractivity contribution >= 4 is 22.8 Å². The van der Waals surface area contributed by atoms with E-state index < -0.39 is 40.4 Å². The lowest BCUT2D eigenvalue weighted by atomic mass is 10.2. The first-order chi connectivity index (χ1) is 11.9. The van der Waals surface area contributed by atoms with Crippen LogP contribution in [0.2, 0.25) is 0 Å². The fourth-order valence-electron chi connectivity index (χ4n) is 2.21. The van der Waals surface area contributed by atoms with Crippen LogP contribution in [-0.4, -0.2) is 16.6 Å². The second kappa shape index (κ2) is 6.91. The summed E-state index contributed by atoms with van der Waals surface area (Å²) in [5.41, 5.74) is 0.325. The molecular formula is C16H11F5N2OS. The maximum Gasteiger partial charge on any atom is 0.200 e. The van der Waals surface area contributed by atoms with E-state index in [0.29, 0.717) is 23.4 Å². The highest BCUT2D eigenvalue weighted by Crippen LogP contribution is 2.30. The highest BCUT2D eigenvalue weighted by Gasteiger charge is 2.25. The summed E-state index contributed by atoms with van der Waals surface area (Å²) in [7, 11) is 0. The van der Waals surface area contributed by atoms with E-state index in [-0.39, 0.29) is 5.16 Å². The van der Waals surface area contributed by atoms with E-state index in [4.69, 9.17) is 4.74 Å². The van der Waals surface area contributed by atoms with Crippen LogP contribution in [0.25, 0.3) is 11.0 Å². The first-order valence-corrected chi connectivity index (χ1v) is 8.16. The smallest absolute Gasteiger partial charge is 0.200 e. The Hall–Kier alpha value is -2.29. The Balaban J connectivity index is 1.86. The molecule has 1 aromatic heterocycles. The standard InChI is InChI=1S/C16H11F5N2OS/c1-2-24-7-3-4-9-10(5-7)23-16(22-9)25-6-8-11(17)13(19)15(21)14(20)12(8)18/h3-5H,2,6H2,1H3,(H,22,23). The zero-order valence-electron chi connectivity index (χ0n) is 12.8. The van der Waals surface area contributed by atoms with Crippen LogP contribution in [-0.2, 0) is 5.75 Å². The Bertz CT molecular complexity index is 915. The molecular weight excluding hydrogens is 363 g/mol. The molecule has 1 heterocycles. The normalized spacial score (nSPS) is 11.3. The molecule has 0 bridgehead atoms. The van der Waals surface area contributed by atoms with Crippen molar-refractivity contribution in [3.8, 4) is 5.75 Å². The van der Waals surface area contributed by atoms with Crippen molar-refractivity contribution in [1.82, 2.24) is 9.97 Å². The number of benzene rings is 2. The van der Waals surface area contributed by atoms with Crippen molar-refractivity contribution < 1.29 is 26.7 Å². The van der Waals surface area contributed by atoms with E-state index >= 15 is 0 Å². The lowest BCUT2D eigenvalue weighted by Crippen LogP contribution is -2.06. The topological polar surface area (TPSA) is 37.9 Å². The van der Waals surface area contributed by atoms with Gasteiger partial charge < -0.3 is 9.72 Å². The molecule has 0 radical (unpaired) electrons. The van der Waals surface area contributed by atoms with E-state index in [1.54, 1.807) is 18.2 Å². The van der Waals surface area contributed by atoms with Gasteiger partial charge in [0.15, 0.2) is 28.4 Å². The molecule has 25 heavy (non-hydrogen) atoms. The van der Waals surface area contributed by atoms with Gasteiger partial charge in [-0.25, -0.2) is 26.9 Å². The SMILES string of the molecule is CCOc1ccc2nc(SCc3c(F)c(F)c(F)c(F)c3F)[nH]c2c1. The van der Waals surface area contributed by atoms with Crippen LogP contribution in [0, 0.1) is 29.1 Å². The summed E-state index contributed by atoms with van der Waals surface area (Å²) in [5.74, 6) is -9.60. The molecule has 132 valence electrons. The number of nitrogens with one attached hydrogen (secondary N) is 1. The number of fused-ring (bicyclic) bond motifs is 1. The van der Waals surface area contributed by atoms with Gasteiger partial charge in [-0.15, -0.1) is 0 Å². The van der Waals surface area contributed by atoms with Crippen LogP contribution in [0.3, 0.4) is 0 Å². The minimum atomic E-state index is -2.17. The van der Waals surface area contributed by atoms with E-state index in [1.807, 2.05) is 6.92 Å². The molecule has 0 aliphatic heterocycles. The van der Waals surface area contributed by atoms with Crippen molar-refractivity contribution in [2.75, 3.05) is 6.61 Å². The number of hydrogen-bond acceptors (Lipinski definition) is 3. The second-order valence-corrected chi connectivity index (χ2v) is 5.96. The summed E-state index contributed by atoms with van der Waals surface area (Å²) < 4.78 is 72.1. The van der Waals surface area contributed by atoms with Crippen molar-refractivity contribution in [1.29, 1.82) is 0 Å². The molecule has 9 heteroatoms. The molecule has 0 unspecified atom stereocenters. The van der Waals surface area contributed by atoms with Crippen LogP contribution in [0.15, 0.2) is 23.4 Å². The summed E-state index contributed by atoms with van der Waals surface area (Å²) in [6.07, 6.45) is 0. The number of nitrogens with zero attached hydrogens (tertiary/aromatic N) is 1. The number of ether oxygens (including phenoxy) is 1. The first kappa shape index (κ1) is 17.5. The van der Waals surface area contributed by atoms with Gasteiger partial charge in [0.25, 0.3) is 0 Å². The Kier molecular flexibility index (Phi) is 4.85. The van der Waals surface area contributed by atoms with Crippen molar-refractivity contribution in [3.63, 3.8) is 0 Å². The third-order valence-electron chi connectivity index (χ3n) is 3.40. The van der Waals surface area contributed by atoms with E-state index in [2.05, 4.69) is 9.97 Å². The Morgan fingerprint density at radius 1 is 1.00 bits per heavy atom. The van der Waals surface area contributed by atoms with E-state index in [0.717, 1.165) is 11.8 Å². The fraction of sp³-hybridized carbons (Fsp3) is 0.188. The molecule has 3 nitrogen and oxygen atoms in total. The van der Waals surface area contributed by atoms with Gasteiger partial charge in [-0.2, -0.15) is 0 Å². The zero-order chi connectivity index (χ0) is 18.1. The molecule has 2 aromatic carbocycles. The number of imidazole rings is 1. The Labute approximate surface area is 143 Å². The lowest BCUT2D eigenvalue weighted by Gasteiger charge is -2.06. The van der Waals surface area contributed by atoms with Gasteiger partial charge in [0.05, 0.1) is 17.6 Å². The van der Waals surface area contributed by atoms with Gasteiger partial charge >= 0.3 is 0 Å². The van der Waals surface area contributed by atoms with Crippen molar-refractivity contribution in [2.24, 2.45) is 0 Å². The number of H-pyrrole nitrogens is 1. The molecule has 0 amide bonds. The summed E-state index contributed by atoms with van der Waals surface area (Å²) in [5, 5.41) is 0.285. The highest BCUT2D eigenvalue weighted by atomic mass is 32.2. The maximum atomic E-state index is 13.7. The average Bonchev–Trinajstić information content (AvgIpc) is 3.00. The zero-order valence-corrected chi connectivity index (χ0v) is 13.6. The summed E-state index contributed by atoms with van der Waals surface area (Å²) in [6.45, 7) is 2.32. The molecule has 0 aliphatic carbocycles. The van der Waals surface area contributed by atoms with Crippen molar-refractivity contribution in [2.45, 2.75) is 17.8 Å². The van der Waals surface area contributed by atoms with Crippen LogP contribution in [0.4, 0.5) is 22.0 Å². The van der Waals surface area contributed by atoms with Crippen molar-refractivity contribution in [3.05, 3.63) is 52.8 Å². The third-order valence-corrected chi connectivity index (χ3v) is 4.30. The molecule has 0 spiro atoms.